The van der Waals surface area contributed by atoms with Gasteiger partial charge in [-0.1, -0.05) is 28.9 Å². The highest BCUT2D eigenvalue weighted by molar-refractivity contribution is 5.86. The highest BCUT2D eigenvalue weighted by Gasteiger charge is 2.17. The number of benzene rings is 1. The predicted molar refractivity (Wildman–Crippen MR) is 116 cm³/mol. The van der Waals surface area contributed by atoms with Crippen molar-refractivity contribution >= 4 is 12.3 Å². The minimum absolute atomic E-state index is 0.157. The van der Waals surface area contributed by atoms with Gasteiger partial charge in [0.1, 0.15) is 6.29 Å². The molecular weight excluding hydrogens is 368 g/mol. The largest absolute Gasteiger partial charge is 0.493 e. The summed E-state index contributed by atoms with van der Waals surface area (Å²) in [5, 5.41) is 0. The fourth-order valence-electron chi connectivity index (χ4n) is 2.71. The molecule has 0 saturated carbocycles. The molecule has 0 bridgehead atoms. The molecule has 0 heterocycles. The first-order chi connectivity index (χ1) is 13.8. The van der Waals surface area contributed by atoms with Gasteiger partial charge in [-0.2, -0.15) is 0 Å². The lowest BCUT2D eigenvalue weighted by Crippen LogP contribution is -2.08. The van der Waals surface area contributed by atoms with Gasteiger partial charge in [0.2, 0.25) is 5.75 Å². The maximum absolute atomic E-state index is 12.3. The van der Waals surface area contributed by atoms with Crippen molar-refractivity contribution in [3.8, 4) is 17.2 Å². The molecule has 1 aromatic rings. The van der Waals surface area contributed by atoms with Gasteiger partial charge >= 0.3 is 5.97 Å². The number of hydrogen-bond donors (Lipinski definition) is 0. The number of methoxy groups -OCH3 is 2. The fourth-order valence-corrected chi connectivity index (χ4v) is 2.71. The number of carbonyl (C=O) groups is 2. The van der Waals surface area contributed by atoms with Gasteiger partial charge in [-0.3, -0.25) is 4.79 Å². The molecular formula is C24H32O5. The molecule has 0 N–H and O–H groups in total. The third kappa shape index (κ3) is 8.81. The maximum atomic E-state index is 12.3. The zero-order chi connectivity index (χ0) is 21.8. The van der Waals surface area contributed by atoms with Crippen LogP contribution in [-0.4, -0.2) is 26.5 Å². The molecule has 5 heteroatoms. The van der Waals surface area contributed by atoms with Crippen LogP contribution in [0.1, 0.15) is 63.7 Å². The molecule has 0 aromatic heterocycles. The van der Waals surface area contributed by atoms with Crippen LogP contribution in [-0.2, 0) is 4.79 Å². The van der Waals surface area contributed by atoms with Crippen LogP contribution in [0.5, 0.6) is 17.2 Å². The van der Waals surface area contributed by atoms with Gasteiger partial charge in [0, 0.05) is 11.6 Å². The van der Waals surface area contributed by atoms with Crippen LogP contribution < -0.4 is 14.2 Å². The molecule has 0 radical (unpaired) electrons. The van der Waals surface area contributed by atoms with E-state index >= 15 is 0 Å². The number of esters is 1. The smallest absolute Gasteiger partial charge is 0.336 e. The van der Waals surface area contributed by atoms with Gasteiger partial charge in [-0.05, 0) is 65.5 Å². The van der Waals surface area contributed by atoms with Crippen molar-refractivity contribution < 1.29 is 23.8 Å². The minimum atomic E-state index is -0.512. The molecule has 0 aliphatic rings. The average Bonchev–Trinajstić information content (AvgIpc) is 2.67. The summed E-state index contributed by atoms with van der Waals surface area (Å²) >= 11 is 0. The Bertz CT molecular complexity index is 770. The van der Waals surface area contributed by atoms with Crippen LogP contribution in [0.4, 0.5) is 0 Å². The molecule has 0 amide bonds. The molecule has 0 spiro atoms. The van der Waals surface area contributed by atoms with E-state index in [0.29, 0.717) is 11.8 Å². The average molecular weight is 401 g/mol. The van der Waals surface area contributed by atoms with Crippen LogP contribution >= 0.6 is 0 Å². The van der Waals surface area contributed by atoms with Crippen LogP contribution in [0, 0.1) is 0 Å². The monoisotopic (exact) mass is 400 g/mol. The van der Waals surface area contributed by atoms with E-state index in [1.54, 1.807) is 0 Å². The van der Waals surface area contributed by atoms with Gasteiger partial charge in [0.05, 0.1) is 14.2 Å². The van der Waals surface area contributed by atoms with Crippen molar-refractivity contribution in [1.29, 1.82) is 0 Å². The lowest BCUT2D eigenvalue weighted by atomic mass is 10.1. The van der Waals surface area contributed by atoms with Crippen molar-refractivity contribution in [2.75, 3.05) is 14.2 Å². The SMILES string of the molecule is COc1cc(C=O)cc(OC)c1OC(=O)/C=C(\C)CC/C=C(\C)CCC=C(C)C. The van der Waals surface area contributed by atoms with Crippen molar-refractivity contribution in [3.05, 3.63) is 52.6 Å². The van der Waals surface area contributed by atoms with Gasteiger partial charge < -0.3 is 14.2 Å². The summed E-state index contributed by atoms with van der Waals surface area (Å²) in [5.41, 5.74) is 3.98. The number of aldehydes is 1. The fraction of sp³-hybridized carbons (Fsp3) is 0.417. The van der Waals surface area contributed by atoms with Crippen molar-refractivity contribution in [1.82, 2.24) is 0 Å². The topological polar surface area (TPSA) is 61.8 Å². The van der Waals surface area contributed by atoms with Crippen molar-refractivity contribution in [2.24, 2.45) is 0 Å². The molecule has 1 aromatic carbocycles. The summed E-state index contributed by atoms with van der Waals surface area (Å²) in [6.45, 7) is 8.24. The third-order valence-electron chi connectivity index (χ3n) is 4.31. The summed E-state index contributed by atoms with van der Waals surface area (Å²) in [6.07, 6.45) is 10.3. The number of hydrogen-bond acceptors (Lipinski definition) is 5. The first-order valence-corrected chi connectivity index (χ1v) is 9.69. The van der Waals surface area contributed by atoms with Gasteiger partial charge in [-0.25, -0.2) is 4.79 Å². The van der Waals surface area contributed by atoms with E-state index in [1.165, 1.54) is 43.6 Å². The van der Waals surface area contributed by atoms with E-state index in [9.17, 15) is 9.59 Å². The molecule has 0 fully saturated rings. The van der Waals surface area contributed by atoms with Crippen LogP contribution in [0.2, 0.25) is 0 Å². The quantitative estimate of drug-likeness (QED) is 0.153. The summed E-state index contributed by atoms with van der Waals surface area (Å²) < 4.78 is 15.9. The first kappa shape index (κ1) is 24.2. The minimum Gasteiger partial charge on any atom is -0.493 e. The van der Waals surface area contributed by atoms with Crippen molar-refractivity contribution in [3.63, 3.8) is 0 Å². The Hall–Kier alpha value is -2.82. The first-order valence-electron chi connectivity index (χ1n) is 9.69. The second-order valence-electron chi connectivity index (χ2n) is 7.19. The Kier molecular flexibility index (Phi) is 10.5. The molecule has 29 heavy (non-hydrogen) atoms. The normalized spacial score (nSPS) is 11.7. The standard InChI is InChI=1S/C24H32O5/c1-17(2)9-7-10-18(3)11-8-12-19(4)13-23(26)29-24-21(27-5)14-20(16-25)15-22(24)28-6/h9,11,13-16H,7-8,10,12H2,1-6H3/b18-11+,19-13+. The van der Waals surface area contributed by atoms with E-state index < -0.39 is 5.97 Å². The van der Waals surface area contributed by atoms with E-state index in [4.69, 9.17) is 14.2 Å². The van der Waals surface area contributed by atoms with E-state index in [-0.39, 0.29) is 17.2 Å². The van der Waals surface area contributed by atoms with E-state index in [1.807, 2.05) is 6.92 Å². The molecule has 1 rings (SSSR count). The molecule has 0 unspecified atom stereocenters. The number of carbonyl (C=O) groups excluding carboxylic acids is 2. The zero-order valence-corrected chi connectivity index (χ0v) is 18.3. The predicted octanol–water partition coefficient (Wildman–Crippen LogP) is 5.84. The third-order valence-corrected chi connectivity index (χ3v) is 4.31. The molecule has 158 valence electrons. The second-order valence-corrected chi connectivity index (χ2v) is 7.19. The lowest BCUT2D eigenvalue weighted by molar-refractivity contribution is -0.129. The molecule has 0 aliphatic carbocycles. The van der Waals surface area contributed by atoms with Gasteiger partial charge in [-0.15, -0.1) is 0 Å². The Morgan fingerprint density at radius 3 is 1.97 bits per heavy atom. The lowest BCUT2D eigenvalue weighted by Gasteiger charge is -2.13. The van der Waals surface area contributed by atoms with Crippen LogP contribution in [0.3, 0.4) is 0 Å². The summed E-state index contributed by atoms with van der Waals surface area (Å²) in [5.74, 6) is 0.174. The molecule has 0 aliphatic heterocycles. The number of rotatable bonds is 11. The van der Waals surface area contributed by atoms with Gasteiger partial charge in [0.15, 0.2) is 11.5 Å². The summed E-state index contributed by atoms with van der Waals surface area (Å²) in [6, 6.07) is 3.00. The van der Waals surface area contributed by atoms with E-state index in [2.05, 4.69) is 32.9 Å². The Morgan fingerprint density at radius 2 is 1.45 bits per heavy atom. The van der Waals surface area contributed by atoms with Crippen LogP contribution in [0.15, 0.2) is 47.1 Å². The zero-order valence-electron chi connectivity index (χ0n) is 18.3. The highest BCUT2D eigenvalue weighted by atomic mass is 16.6. The van der Waals surface area contributed by atoms with Crippen molar-refractivity contribution in [2.45, 2.75) is 53.4 Å². The number of allylic oxidation sites excluding steroid dienone is 5. The Balaban J connectivity index is 2.72. The highest BCUT2D eigenvalue weighted by Crippen LogP contribution is 2.38. The summed E-state index contributed by atoms with van der Waals surface area (Å²) in [4.78, 5) is 23.3. The van der Waals surface area contributed by atoms with Gasteiger partial charge in [0.25, 0.3) is 0 Å². The second kappa shape index (κ2) is 12.6. The molecule has 0 saturated heterocycles. The Labute approximate surface area is 174 Å². The van der Waals surface area contributed by atoms with Crippen LogP contribution in [0.25, 0.3) is 0 Å². The summed E-state index contributed by atoms with van der Waals surface area (Å²) in [7, 11) is 2.88. The Morgan fingerprint density at radius 1 is 0.897 bits per heavy atom. The molecule has 5 nitrogen and oxygen atoms in total. The molecule has 0 atom stereocenters. The number of ether oxygens (including phenoxy) is 3. The van der Waals surface area contributed by atoms with E-state index in [0.717, 1.165) is 31.3 Å². The maximum Gasteiger partial charge on any atom is 0.336 e.